The number of rotatable bonds is 3. The molecular weight excluding hydrogens is 241 g/mol. The quantitative estimate of drug-likeness (QED) is 0.750. The molecule has 3 nitrogen and oxygen atoms in total. The van der Waals surface area contributed by atoms with Crippen LogP contribution in [0.5, 0.6) is 0 Å². The molecule has 0 atom stereocenters. The molecule has 19 heavy (non-hydrogen) atoms. The molecule has 0 aliphatic heterocycles. The van der Waals surface area contributed by atoms with Gasteiger partial charge in [0.15, 0.2) is 0 Å². The summed E-state index contributed by atoms with van der Waals surface area (Å²) in [5.41, 5.74) is 3.91. The third kappa shape index (κ3) is 2.42. The number of hydrogen-bond acceptors (Lipinski definition) is 2. The number of aryl methyl sites for hydroxylation is 1. The van der Waals surface area contributed by atoms with E-state index in [-0.39, 0.29) is 5.82 Å². The van der Waals surface area contributed by atoms with E-state index >= 15 is 0 Å². The van der Waals surface area contributed by atoms with Gasteiger partial charge in [0.2, 0.25) is 5.95 Å². The maximum atomic E-state index is 13.1. The Labute approximate surface area is 110 Å². The Morgan fingerprint density at radius 3 is 2.89 bits per heavy atom. The smallest absolute Gasteiger partial charge is 0.201 e. The van der Waals surface area contributed by atoms with Crippen molar-refractivity contribution in [3.8, 4) is 0 Å². The minimum atomic E-state index is -0.262. The van der Waals surface area contributed by atoms with Gasteiger partial charge >= 0.3 is 0 Å². The first-order valence-electron chi connectivity index (χ1n) is 6.16. The topological polar surface area (TPSA) is 40.7 Å². The van der Waals surface area contributed by atoms with Crippen LogP contribution in [0.2, 0.25) is 0 Å². The van der Waals surface area contributed by atoms with Crippen molar-refractivity contribution in [3.63, 3.8) is 0 Å². The van der Waals surface area contributed by atoms with Crippen LogP contribution >= 0.6 is 0 Å². The summed E-state index contributed by atoms with van der Waals surface area (Å²) in [6.07, 6.45) is 0. The average molecular weight is 255 g/mol. The number of fused-ring (bicyclic) bond motifs is 1. The van der Waals surface area contributed by atoms with Gasteiger partial charge in [-0.1, -0.05) is 24.3 Å². The van der Waals surface area contributed by atoms with E-state index in [4.69, 9.17) is 0 Å². The molecule has 0 aliphatic carbocycles. The maximum Gasteiger partial charge on any atom is 0.201 e. The number of imidazole rings is 1. The molecule has 0 amide bonds. The minimum Gasteiger partial charge on any atom is -0.352 e. The first-order chi connectivity index (χ1) is 9.22. The van der Waals surface area contributed by atoms with E-state index in [9.17, 15) is 4.39 Å². The van der Waals surface area contributed by atoms with Crippen LogP contribution in [0.1, 0.15) is 11.1 Å². The second-order valence-electron chi connectivity index (χ2n) is 4.53. The molecular formula is C15H14FN3. The molecule has 1 heterocycles. The second-order valence-corrected chi connectivity index (χ2v) is 4.53. The Kier molecular flexibility index (Phi) is 2.91. The highest BCUT2D eigenvalue weighted by atomic mass is 19.1. The van der Waals surface area contributed by atoms with Crippen molar-refractivity contribution in [2.24, 2.45) is 0 Å². The SMILES string of the molecule is Cc1ccccc1CNc1nc2ccc(F)cc2[nH]1. The fraction of sp³-hybridized carbons (Fsp3) is 0.133. The van der Waals surface area contributed by atoms with E-state index < -0.39 is 0 Å². The van der Waals surface area contributed by atoms with Crippen LogP contribution in [-0.4, -0.2) is 9.97 Å². The minimum absolute atomic E-state index is 0.262. The summed E-state index contributed by atoms with van der Waals surface area (Å²) in [4.78, 5) is 7.43. The predicted molar refractivity (Wildman–Crippen MR) is 74.6 cm³/mol. The van der Waals surface area contributed by atoms with Gasteiger partial charge in [-0.25, -0.2) is 9.37 Å². The molecule has 0 bridgehead atoms. The molecule has 3 rings (SSSR count). The van der Waals surface area contributed by atoms with Crippen LogP contribution in [0.25, 0.3) is 11.0 Å². The number of anilines is 1. The summed E-state index contributed by atoms with van der Waals surface area (Å²) in [7, 11) is 0. The standard InChI is InChI=1S/C15H14FN3/c1-10-4-2-3-5-11(10)9-17-15-18-13-7-6-12(16)8-14(13)19-15/h2-8H,9H2,1H3,(H2,17,18,19). The van der Waals surface area contributed by atoms with Gasteiger partial charge in [-0.15, -0.1) is 0 Å². The van der Waals surface area contributed by atoms with E-state index in [1.807, 2.05) is 12.1 Å². The molecule has 0 radical (unpaired) electrons. The molecule has 2 aromatic carbocycles. The lowest BCUT2D eigenvalue weighted by molar-refractivity contribution is 0.629. The van der Waals surface area contributed by atoms with E-state index in [0.29, 0.717) is 18.0 Å². The summed E-state index contributed by atoms with van der Waals surface area (Å²) in [6, 6.07) is 12.7. The van der Waals surface area contributed by atoms with Crippen molar-refractivity contribution in [2.45, 2.75) is 13.5 Å². The summed E-state index contributed by atoms with van der Waals surface area (Å²) >= 11 is 0. The van der Waals surface area contributed by atoms with Crippen molar-refractivity contribution in [1.29, 1.82) is 0 Å². The number of nitrogens with zero attached hydrogens (tertiary/aromatic N) is 1. The number of halogens is 1. The number of aromatic nitrogens is 2. The highest BCUT2D eigenvalue weighted by Crippen LogP contribution is 2.16. The molecule has 1 aromatic heterocycles. The predicted octanol–water partition coefficient (Wildman–Crippen LogP) is 3.62. The van der Waals surface area contributed by atoms with E-state index in [0.717, 1.165) is 5.52 Å². The zero-order valence-electron chi connectivity index (χ0n) is 10.6. The average Bonchev–Trinajstić information content (AvgIpc) is 2.79. The van der Waals surface area contributed by atoms with Crippen LogP contribution in [0.15, 0.2) is 42.5 Å². The Hall–Kier alpha value is -2.36. The van der Waals surface area contributed by atoms with Gasteiger partial charge in [-0.3, -0.25) is 0 Å². The van der Waals surface area contributed by atoms with Crippen LogP contribution in [-0.2, 0) is 6.54 Å². The Morgan fingerprint density at radius 1 is 1.21 bits per heavy atom. The summed E-state index contributed by atoms with van der Waals surface area (Å²) in [6.45, 7) is 2.76. The molecule has 0 unspecified atom stereocenters. The van der Waals surface area contributed by atoms with E-state index in [1.165, 1.54) is 23.3 Å². The monoisotopic (exact) mass is 255 g/mol. The number of benzene rings is 2. The highest BCUT2D eigenvalue weighted by molar-refractivity contribution is 5.77. The fourth-order valence-corrected chi connectivity index (χ4v) is 2.05. The Balaban J connectivity index is 1.80. The van der Waals surface area contributed by atoms with Gasteiger partial charge < -0.3 is 10.3 Å². The molecule has 0 fully saturated rings. The van der Waals surface area contributed by atoms with Crippen LogP contribution in [0.3, 0.4) is 0 Å². The number of aromatic amines is 1. The largest absolute Gasteiger partial charge is 0.352 e. The zero-order valence-corrected chi connectivity index (χ0v) is 10.6. The van der Waals surface area contributed by atoms with Crippen molar-refractivity contribution in [1.82, 2.24) is 9.97 Å². The number of H-pyrrole nitrogens is 1. The second kappa shape index (κ2) is 4.72. The van der Waals surface area contributed by atoms with Gasteiger partial charge in [0.05, 0.1) is 11.0 Å². The first kappa shape index (κ1) is 11.7. The molecule has 0 aliphatic rings. The highest BCUT2D eigenvalue weighted by Gasteiger charge is 2.04. The Bertz CT molecular complexity index is 718. The van der Waals surface area contributed by atoms with Crippen LogP contribution in [0.4, 0.5) is 10.3 Å². The Morgan fingerprint density at radius 2 is 2.05 bits per heavy atom. The van der Waals surface area contributed by atoms with Crippen molar-refractivity contribution in [2.75, 3.05) is 5.32 Å². The van der Waals surface area contributed by atoms with E-state index in [1.54, 1.807) is 6.07 Å². The molecule has 96 valence electrons. The third-order valence-electron chi connectivity index (χ3n) is 3.15. The van der Waals surface area contributed by atoms with Crippen molar-refractivity contribution < 1.29 is 4.39 Å². The molecule has 0 saturated heterocycles. The fourth-order valence-electron chi connectivity index (χ4n) is 2.05. The van der Waals surface area contributed by atoms with Gasteiger partial charge in [0.25, 0.3) is 0 Å². The maximum absolute atomic E-state index is 13.1. The summed E-state index contributed by atoms with van der Waals surface area (Å²) < 4.78 is 13.1. The van der Waals surface area contributed by atoms with Gasteiger partial charge in [0, 0.05) is 6.54 Å². The number of hydrogen-bond donors (Lipinski definition) is 2. The van der Waals surface area contributed by atoms with Gasteiger partial charge in [0.1, 0.15) is 5.82 Å². The molecule has 3 aromatic rings. The molecule has 2 N–H and O–H groups in total. The van der Waals surface area contributed by atoms with Gasteiger partial charge in [-0.05, 0) is 36.2 Å². The van der Waals surface area contributed by atoms with Crippen LogP contribution in [0, 0.1) is 12.7 Å². The molecule has 0 spiro atoms. The van der Waals surface area contributed by atoms with Gasteiger partial charge in [-0.2, -0.15) is 0 Å². The summed E-state index contributed by atoms with van der Waals surface area (Å²) in [5.74, 6) is 0.394. The lowest BCUT2D eigenvalue weighted by Gasteiger charge is -2.05. The van der Waals surface area contributed by atoms with Crippen LogP contribution < -0.4 is 5.32 Å². The summed E-state index contributed by atoms with van der Waals surface area (Å²) in [5, 5.41) is 3.22. The first-order valence-corrected chi connectivity index (χ1v) is 6.16. The normalized spacial score (nSPS) is 10.8. The zero-order chi connectivity index (χ0) is 13.2. The molecule has 4 heteroatoms. The van der Waals surface area contributed by atoms with Crippen molar-refractivity contribution in [3.05, 3.63) is 59.4 Å². The molecule has 0 saturated carbocycles. The third-order valence-corrected chi connectivity index (χ3v) is 3.15. The van der Waals surface area contributed by atoms with Crippen molar-refractivity contribution >= 4 is 17.0 Å². The lowest BCUT2D eigenvalue weighted by Crippen LogP contribution is -2.02. The number of nitrogens with one attached hydrogen (secondary N) is 2. The lowest BCUT2D eigenvalue weighted by atomic mass is 10.1. The van der Waals surface area contributed by atoms with E-state index in [2.05, 4.69) is 34.3 Å².